The smallest absolute Gasteiger partial charge is 0.257 e. The van der Waals surface area contributed by atoms with E-state index in [1.54, 1.807) is 13.8 Å². The Hall–Kier alpha value is -2.10. The summed E-state index contributed by atoms with van der Waals surface area (Å²) in [5.74, 6) is 0.713. The van der Waals surface area contributed by atoms with Crippen LogP contribution >= 0.6 is 0 Å². The number of carbonyl (C=O) groups excluding carboxylic acids is 1. The van der Waals surface area contributed by atoms with Gasteiger partial charge in [-0.1, -0.05) is 50.2 Å². The molecule has 4 nitrogen and oxygen atoms in total. The van der Waals surface area contributed by atoms with Gasteiger partial charge in [0.25, 0.3) is 5.91 Å². The highest BCUT2D eigenvalue weighted by Gasteiger charge is 2.23. The zero-order valence-corrected chi connectivity index (χ0v) is 13.9. The van der Waals surface area contributed by atoms with Gasteiger partial charge in [0.15, 0.2) is 0 Å². The summed E-state index contributed by atoms with van der Waals surface area (Å²) in [6.45, 7) is 9.88. The molecule has 0 radical (unpaired) electrons. The van der Waals surface area contributed by atoms with Crippen LogP contribution in [0, 0.1) is 19.8 Å². The van der Waals surface area contributed by atoms with Crippen LogP contribution in [0.2, 0.25) is 0 Å². The van der Waals surface area contributed by atoms with E-state index in [1.165, 1.54) is 5.56 Å². The molecule has 1 heterocycles. The predicted octanol–water partition coefficient (Wildman–Crippen LogP) is 3.98. The molecule has 1 amide bonds. The average Bonchev–Trinajstić information content (AvgIpc) is 2.83. The predicted molar refractivity (Wildman–Crippen MR) is 86.8 cm³/mol. The molecular formula is C18H24N2O2. The van der Waals surface area contributed by atoms with E-state index in [-0.39, 0.29) is 17.9 Å². The molecule has 0 spiro atoms. The minimum Gasteiger partial charge on any atom is -0.361 e. The maximum atomic E-state index is 12.5. The van der Waals surface area contributed by atoms with Gasteiger partial charge in [-0.25, -0.2) is 0 Å². The van der Waals surface area contributed by atoms with E-state index in [0.29, 0.717) is 17.0 Å². The average molecular weight is 300 g/mol. The van der Waals surface area contributed by atoms with Crippen molar-refractivity contribution < 1.29 is 9.32 Å². The van der Waals surface area contributed by atoms with Crippen molar-refractivity contribution in [1.29, 1.82) is 0 Å². The van der Waals surface area contributed by atoms with Crippen LogP contribution in [0.3, 0.4) is 0 Å². The normalized spacial score (nSPS) is 12.5. The summed E-state index contributed by atoms with van der Waals surface area (Å²) in [5, 5.41) is 6.96. The maximum Gasteiger partial charge on any atom is 0.257 e. The lowest BCUT2D eigenvalue weighted by molar-refractivity contribution is 0.0923. The second kappa shape index (κ2) is 6.77. The standard InChI is InChI=1S/C18H24N2O2/c1-6-14-7-9-15(10-8-14)17(11(2)3)19-18(21)16-12(4)20-22-13(16)5/h7-11,17H,6H2,1-5H3,(H,19,21). The van der Waals surface area contributed by atoms with E-state index >= 15 is 0 Å². The van der Waals surface area contributed by atoms with E-state index in [0.717, 1.165) is 12.0 Å². The highest BCUT2D eigenvalue weighted by Crippen LogP contribution is 2.23. The van der Waals surface area contributed by atoms with Gasteiger partial charge in [0.1, 0.15) is 11.3 Å². The van der Waals surface area contributed by atoms with Crippen LogP contribution in [0.1, 0.15) is 59.8 Å². The van der Waals surface area contributed by atoms with Crippen LogP contribution < -0.4 is 5.32 Å². The summed E-state index contributed by atoms with van der Waals surface area (Å²) in [6, 6.07) is 8.39. The molecule has 1 aromatic heterocycles. The highest BCUT2D eigenvalue weighted by molar-refractivity contribution is 5.96. The summed E-state index contributed by atoms with van der Waals surface area (Å²) < 4.78 is 5.08. The third kappa shape index (κ3) is 3.38. The van der Waals surface area contributed by atoms with Crippen molar-refractivity contribution in [3.05, 3.63) is 52.4 Å². The monoisotopic (exact) mass is 300 g/mol. The van der Waals surface area contributed by atoms with Gasteiger partial charge in [0, 0.05) is 0 Å². The fourth-order valence-corrected chi connectivity index (χ4v) is 2.62. The molecule has 118 valence electrons. The summed E-state index contributed by atoms with van der Waals surface area (Å²) in [6.07, 6.45) is 1.01. The Kier molecular flexibility index (Phi) is 5.01. The Balaban J connectivity index is 2.23. The number of nitrogens with one attached hydrogen (secondary N) is 1. The number of hydrogen-bond acceptors (Lipinski definition) is 3. The Bertz CT molecular complexity index is 622. The summed E-state index contributed by atoms with van der Waals surface area (Å²) in [7, 11) is 0. The lowest BCUT2D eigenvalue weighted by atomic mass is 9.94. The van der Waals surface area contributed by atoms with Crippen molar-refractivity contribution in [3.63, 3.8) is 0 Å². The van der Waals surface area contributed by atoms with Crippen LogP contribution in [-0.2, 0) is 6.42 Å². The van der Waals surface area contributed by atoms with Crippen LogP contribution in [-0.4, -0.2) is 11.1 Å². The van der Waals surface area contributed by atoms with Crippen LogP contribution in [0.25, 0.3) is 0 Å². The van der Waals surface area contributed by atoms with Gasteiger partial charge >= 0.3 is 0 Å². The van der Waals surface area contributed by atoms with Crippen LogP contribution in [0.15, 0.2) is 28.8 Å². The molecule has 0 saturated carbocycles. The number of amides is 1. The quantitative estimate of drug-likeness (QED) is 0.908. The minimum atomic E-state index is -0.130. The van der Waals surface area contributed by atoms with Gasteiger partial charge in [-0.3, -0.25) is 4.79 Å². The molecule has 2 aromatic rings. The number of aromatic nitrogens is 1. The zero-order chi connectivity index (χ0) is 16.3. The molecule has 4 heteroatoms. The summed E-state index contributed by atoms with van der Waals surface area (Å²) in [5.41, 5.74) is 3.57. The van der Waals surface area contributed by atoms with Crippen molar-refractivity contribution in [2.45, 2.75) is 47.1 Å². The van der Waals surface area contributed by atoms with E-state index < -0.39 is 0 Å². The number of carbonyl (C=O) groups is 1. The van der Waals surface area contributed by atoms with Crippen LogP contribution in [0.4, 0.5) is 0 Å². The molecule has 0 aliphatic rings. The van der Waals surface area contributed by atoms with Gasteiger partial charge in [-0.15, -0.1) is 0 Å². The molecule has 1 atom stereocenters. The molecule has 0 aliphatic heterocycles. The largest absolute Gasteiger partial charge is 0.361 e. The minimum absolute atomic E-state index is 0.0351. The van der Waals surface area contributed by atoms with Gasteiger partial charge in [0.2, 0.25) is 0 Å². The Morgan fingerprint density at radius 1 is 1.23 bits per heavy atom. The van der Waals surface area contributed by atoms with Crippen molar-refractivity contribution >= 4 is 5.91 Å². The lowest BCUT2D eigenvalue weighted by Gasteiger charge is -2.23. The molecule has 0 saturated heterocycles. The number of hydrogen-bond donors (Lipinski definition) is 1. The third-order valence-corrected chi connectivity index (χ3v) is 3.96. The SMILES string of the molecule is CCc1ccc(C(NC(=O)c2c(C)noc2C)C(C)C)cc1. The molecule has 1 aromatic carbocycles. The topological polar surface area (TPSA) is 55.1 Å². The first-order chi connectivity index (χ1) is 10.4. The lowest BCUT2D eigenvalue weighted by Crippen LogP contribution is -2.32. The first kappa shape index (κ1) is 16.3. The molecule has 0 aliphatic carbocycles. The Morgan fingerprint density at radius 3 is 2.32 bits per heavy atom. The fourth-order valence-electron chi connectivity index (χ4n) is 2.62. The van der Waals surface area contributed by atoms with E-state index in [4.69, 9.17) is 4.52 Å². The van der Waals surface area contributed by atoms with E-state index in [1.807, 2.05) is 0 Å². The van der Waals surface area contributed by atoms with Crippen molar-refractivity contribution in [3.8, 4) is 0 Å². The van der Waals surface area contributed by atoms with Gasteiger partial charge in [-0.05, 0) is 37.3 Å². The Morgan fingerprint density at radius 2 is 1.86 bits per heavy atom. The summed E-state index contributed by atoms with van der Waals surface area (Å²) in [4.78, 5) is 12.5. The van der Waals surface area contributed by atoms with E-state index in [2.05, 4.69) is 55.5 Å². The van der Waals surface area contributed by atoms with Gasteiger partial charge < -0.3 is 9.84 Å². The highest BCUT2D eigenvalue weighted by atomic mass is 16.5. The molecule has 0 fully saturated rings. The first-order valence-electron chi connectivity index (χ1n) is 7.76. The maximum absolute atomic E-state index is 12.5. The number of aryl methyl sites for hydroxylation is 3. The van der Waals surface area contributed by atoms with Gasteiger partial charge in [0.05, 0.1) is 11.7 Å². The molecule has 0 bridgehead atoms. The van der Waals surface area contributed by atoms with Crippen molar-refractivity contribution in [2.24, 2.45) is 5.92 Å². The molecule has 22 heavy (non-hydrogen) atoms. The second-order valence-corrected chi connectivity index (χ2v) is 5.99. The number of nitrogens with zero attached hydrogens (tertiary/aromatic N) is 1. The molecule has 1 unspecified atom stereocenters. The number of rotatable bonds is 5. The van der Waals surface area contributed by atoms with Gasteiger partial charge in [-0.2, -0.15) is 0 Å². The fraction of sp³-hybridized carbons (Fsp3) is 0.444. The molecular weight excluding hydrogens is 276 g/mol. The van der Waals surface area contributed by atoms with Crippen molar-refractivity contribution in [2.75, 3.05) is 0 Å². The molecule has 2 rings (SSSR count). The van der Waals surface area contributed by atoms with E-state index in [9.17, 15) is 4.79 Å². The summed E-state index contributed by atoms with van der Waals surface area (Å²) >= 11 is 0. The van der Waals surface area contributed by atoms with Crippen LogP contribution in [0.5, 0.6) is 0 Å². The number of benzene rings is 1. The zero-order valence-electron chi connectivity index (χ0n) is 13.9. The Labute approximate surface area is 131 Å². The first-order valence-corrected chi connectivity index (χ1v) is 7.76. The second-order valence-electron chi connectivity index (χ2n) is 5.99. The molecule has 1 N–H and O–H groups in total. The third-order valence-electron chi connectivity index (χ3n) is 3.96. The van der Waals surface area contributed by atoms with Crippen molar-refractivity contribution in [1.82, 2.24) is 10.5 Å².